The van der Waals surface area contributed by atoms with Gasteiger partial charge in [0.2, 0.25) is 0 Å². The van der Waals surface area contributed by atoms with Gasteiger partial charge >= 0.3 is 0 Å². The van der Waals surface area contributed by atoms with Gasteiger partial charge < -0.3 is 19.9 Å². The van der Waals surface area contributed by atoms with Gasteiger partial charge in [0.1, 0.15) is 11.6 Å². The van der Waals surface area contributed by atoms with E-state index in [-0.39, 0.29) is 24.0 Å². The molecule has 1 saturated carbocycles. The number of rotatable bonds is 9. The third-order valence-electron chi connectivity index (χ3n) is 5.65. The van der Waals surface area contributed by atoms with Crippen LogP contribution < -0.4 is 15.4 Å². The molecule has 1 aliphatic carbocycles. The van der Waals surface area contributed by atoms with Crippen LogP contribution in [-0.2, 0) is 20.1 Å². The highest BCUT2D eigenvalue weighted by Gasteiger charge is 2.18. The predicted molar refractivity (Wildman–Crippen MR) is 136 cm³/mol. The zero-order chi connectivity index (χ0) is 21.3. The minimum absolute atomic E-state index is 0. The quantitative estimate of drug-likeness (QED) is 0.213. The molecule has 0 aliphatic heterocycles. The highest BCUT2D eigenvalue weighted by Crippen LogP contribution is 2.28. The predicted octanol–water partition coefficient (Wildman–Crippen LogP) is 4.41. The Morgan fingerprint density at radius 3 is 2.65 bits per heavy atom. The van der Waals surface area contributed by atoms with Crippen molar-refractivity contribution in [2.24, 2.45) is 12.0 Å². The molecule has 2 N–H and O–H groups in total. The molecule has 0 saturated heterocycles. The summed E-state index contributed by atoms with van der Waals surface area (Å²) >= 11 is 0. The van der Waals surface area contributed by atoms with E-state index in [9.17, 15) is 0 Å². The van der Waals surface area contributed by atoms with Gasteiger partial charge in [-0.25, -0.2) is 4.99 Å². The molecule has 7 nitrogen and oxygen atoms in total. The van der Waals surface area contributed by atoms with Gasteiger partial charge in [0.05, 0.1) is 19.2 Å². The minimum atomic E-state index is 0. The normalized spacial score (nSPS) is 14.4. The molecule has 1 aromatic carbocycles. The fraction of sp³-hybridized carbons (Fsp3) is 0.609. The van der Waals surface area contributed by atoms with Crippen LogP contribution in [0.2, 0.25) is 0 Å². The Labute approximate surface area is 203 Å². The van der Waals surface area contributed by atoms with E-state index in [1.165, 1.54) is 18.4 Å². The van der Waals surface area contributed by atoms with Gasteiger partial charge in [-0.3, -0.25) is 0 Å². The number of aromatic nitrogens is 3. The number of hydrogen-bond donors (Lipinski definition) is 2. The number of halogens is 1. The van der Waals surface area contributed by atoms with Crippen molar-refractivity contribution in [2.75, 3.05) is 6.54 Å². The second-order valence-electron chi connectivity index (χ2n) is 8.16. The number of unbranched alkanes of at least 4 members (excludes halogenated alkanes) is 1. The SMILES string of the molecule is CCCCNC(=NCc1ccc(C)cc1OC1CCCC1)NCc1nnc(C)n1C.I. The van der Waals surface area contributed by atoms with E-state index in [1.54, 1.807) is 0 Å². The Morgan fingerprint density at radius 1 is 1.19 bits per heavy atom. The average Bonchev–Trinajstić information content (AvgIpc) is 3.35. The van der Waals surface area contributed by atoms with E-state index >= 15 is 0 Å². The topological polar surface area (TPSA) is 76.4 Å². The zero-order valence-electron chi connectivity index (χ0n) is 19.3. The Hall–Kier alpha value is -1.84. The zero-order valence-corrected chi connectivity index (χ0v) is 21.6. The lowest BCUT2D eigenvalue weighted by molar-refractivity contribution is 0.208. The number of guanidine groups is 1. The Bertz CT molecular complexity index is 845. The van der Waals surface area contributed by atoms with Crippen LogP contribution in [0.15, 0.2) is 23.2 Å². The molecule has 0 amide bonds. The van der Waals surface area contributed by atoms with Crippen molar-refractivity contribution in [3.05, 3.63) is 41.0 Å². The fourth-order valence-electron chi connectivity index (χ4n) is 3.58. The van der Waals surface area contributed by atoms with E-state index < -0.39 is 0 Å². The molecule has 0 atom stereocenters. The van der Waals surface area contributed by atoms with Gasteiger partial charge in [0.25, 0.3) is 0 Å². The van der Waals surface area contributed by atoms with Crippen LogP contribution in [0.1, 0.15) is 68.2 Å². The third-order valence-corrected chi connectivity index (χ3v) is 5.65. The van der Waals surface area contributed by atoms with Crippen molar-refractivity contribution in [1.82, 2.24) is 25.4 Å². The molecule has 8 heteroatoms. The first kappa shape index (κ1) is 25.4. The van der Waals surface area contributed by atoms with Crippen molar-refractivity contribution in [2.45, 2.75) is 78.5 Å². The summed E-state index contributed by atoms with van der Waals surface area (Å²) in [6, 6.07) is 6.41. The Balaban J connectivity index is 0.00000341. The maximum atomic E-state index is 6.33. The maximum absolute atomic E-state index is 6.33. The second-order valence-corrected chi connectivity index (χ2v) is 8.16. The van der Waals surface area contributed by atoms with Gasteiger partial charge in [0.15, 0.2) is 11.8 Å². The van der Waals surface area contributed by atoms with Crippen LogP contribution in [0.25, 0.3) is 0 Å². The molecule has 1 fully saturated rings. The number of benzene rings is 1. The molecule has 0 bridgehead atoms. The molecule has 1 aromatic heterocycles. The number of aliphatic imine (C=N–C) groups is 1. The van der Waals surface area contributed by atoms with Crippen LogP contribution in [0.5, 0.6) is 5.75 Å². The molecule has 0 spiro atoms. The standard InChI is InChI=1S/C23H36N6O.HI/c1-5-6-13-24-23(26-16-22-28-27-18(3)29(22)4)25-15-19-12-11-17(2)14-21(19)30-20-9-7-8-10-20;/h11-12,14,20H,5-10,13,15-16H2,1-4H3,(H2,24,25,26);1H. The van der Waals surface area contributed by atoms with Crippen molar-refractivity contribution < 1.29 is 4.74 Å². The summed E-state index contributed by atoms with van der Waals surface area (Å²) in [6.07, 6.45) is 7.42. The summed E-state index contributed by atoms with van der Waals surface area (Å²) in [4.78, 5) is 4.84. The van der Waals surface area contributed by atoms with Gasteiger partial charge in [-0.2, -0.15) is 0 Å². The molecule has 2 aromatic rings. The molecule has 1 aliphatic rings. The number of aryl methyl sites for hydroxylation is 2. The summed E-state index contributed by atoms with van der Waals surface area (Å²) < 4.78 is 8.32. The van der Waals surface area contributed by atoms with Crippen molar-refractivity contribution in [1.29, 1.82) is 0 Å². The van der Waals surface area contributed by atoms with Gasteiger partial charge in [-0.15, -0.1) is 34.2 Å². The second kappa shape index (κ2) is 12.9. The number of hydrogen-bond acceptors (Lipinski definition) is 4. The van der Waals surface area contributed by atoms with Gasteiger partial charge in [-0.05, 0) is 57.6 Å². The molecule has 0 unspecified atom stereocenters. The lowest BCUT2D eigenvalue weighted by atomic mass is 10.1. The highest BCUT2D eigenvalue weighted by molar-refractivity contribution is 14.0. The monoisotopic (exact) mass is 540 g/mol. The van der Waals surface area contributed by atoms with Crippen LogP contribution >= 0.6 is 24.0 Å². The first-order chi connectivity index (χ1) is 14.6. The lowest BCUT2D eigenvalue weighted by Crippen LogP contribution is -2.38. The number of ether oxygens (including phenoxy) is 1. The van der Waals surface area contributed by atoms with Crippen molar-refractivity contribution in [3.8, 4) is 5.75 Å². The van der Waals surface area contributed by atoms with E-state index in [2.05, 4.69) is 52.9 Å². The van der Waals surface area contributed by atoms with E-state index in [4.69, 9.17) is 9.73 Å². The summed E-state index contributed by atoms with van der Waals surface area (Å²) in [5.74, 6) is 3.55. The lowest BCUT2D eigenvalue weighted by Gasteiger charge is -2.17. The van der Waals surface area contributed by atoms with Crippen LogP contribution in [-0.4, -0.2) is 33.4 Å². The van der Waals surface area contributed by atoms with E-state index in [1.807, 2.05) is 18.5 Å². The molecular weight excluding hydrogens is 503 g/mol. The Morgan fingerprint density at radius 2 is 1.97 bits per heavy atom. The molecular formula is C23H37IN6O. The average molecular weight is 540 g/mol. The number of nitrogens with zero attached hydrogens (tertiary/aromatic N) is 4. The third kappa shape index (κ3) is 7.66. The molecule has 1 heterocycles. The Kier molecular flexibility index (Phi) is 10.6. The van der Waals surface area contributed by atoms with Crippen LogP contribution in [0.3, 0.4) is 0 Å². The smallest absolute Gasteiger partial charge is 0.191 e. The summed E-state index contributed by atoms with van der Waals surface area (Å²) in [5, 5.41) is 15.2. The molecule has 3 rings (SSSR count). The molecule has 31 heavy (non-hydrogen) atoms. The largest absolute Gasteiger partial charge is 0.490 e. The fourth-order valence-corrected chi connectivity index (χ4v) is 3.58. The van der Waals surface area contributed by atoms with Crippen LogP contribution in [0, 0.1) is 13.8 Å². The highest BCUT2D eigenvalue weighted by atomic mass is 127. The number of nitrogens with one attached hydrogen (secondary N) is 2. The van der Waals surface area contributed by atoms with E-state index in [0.29, 0.717) is 19.2 Å². The minimum Gasteiger partial charge on any atom is -0.490 e. The summed E-state index contributed by atoms with van der Waals surface area (Å²) in [7, 11) is 1.98. The van der Waals surface area contributed by atoms with Crippen molar-refractivity contribution in [3.63, 3.8) is 0 Å². The van der Waals surface area contributed by atoms with E-state index in [0.717, 1.165) is 61.1 Å². The van der Waals surface area contributed by atoms with Crippen LogP contribution in [0.4, 0.5) is 0 Å². The molecule has 172 valence electrons. The maximum Gasteiger partial charge on any atom is 0.191 e. The van der Waals surface area contributed by atoms with Gasteiger partial charge in [-0.1, -0.05) is 25.5 Å². The van der Waals surface area contributed by atoms with Gasteiger partial charge in [0, 0.05) is 19.2 Å². The summed E-state index contributed by atoms with van der Waals surface area (Å²) in [6.45, 7) is 8.29. The summed E-state index contributed by atoms with van der Waals surface area (Å²) in [5.41, 5.74) is 2.34. The molecule has 0 radical (unpaired) electrons. The first-order valence-corrected chi connectivity index (χ1v) is 11.2. The first-order valence-electron chi connectivity index (χ1n) is 11.2. The van der Waals surface area contributed by atoms with Crippen molar-refractivity contribution >= 4 is 29.9 Å².